The van der Waals surface area contributed by atoms with Crippen molar-refractivity contribution in [3.63, 3.8) is 0 Å². The summed E-state index contributed by atoms with van der Waals surface area (Å²) in [7, 11) is 1.50. The second-order valence-corrected chi connectivity index (χ2v) is 4.79. The van der Waals surface area contributed by atoms with Crippen LogP contribution < -0.4 is 4.90 Å². The molecule has 0 aromatic carbocycles. The second-order valence-electron chi connectivity index (χ2n) is 4.79. The monoisotopic (exact) mass is 258 g/mol. The highest BCUT2D eigenvalue weighted by Crippen LogP contribution is 2.29. The fraction of sp³-hybridized carbons (Fsp3) is 0.308. The summed E-state index contributed by atoms with van der Waals surface area (Å²) in [4.78, 5) is 31.0. The van der Waals surface area contributed by atoms with Gasteiger partial charge >= 0.3 is 6.03 Å². The number of amides is 3. The van der Waals surface area contributed by atoms with Crippen LogP contribution in [0.5, 0.6) is 0 Å². The van der Waals surface area contributed by atoms with E-state index in [1.165, 1.54) is 11.9 Å². The summed E-state index contributed by atoms with van der Waals surface area (Å²) in [6.45, 7) is 3.67. The van der Waals surface area contributed by atoms with Gasteiger partial charge in [0.1, 0.15) is 6.04 Å². The minimum atomic E-state index is -0.500. The molecule has 0 N–H and O–H groups in total. The molecule has 0 spiro atoms. The molecule has 0 bridgehead atoms. The number of imide groups is 1. The van der Waals surface area contributed by atoms with Crippen molar-refractivity contribution in [2.45, 2.75) is 19.9 Å². The van der Waals surface area contributed by atoms with Gasteiger partial charge in [0, 0.05) is 25.6 Å². The summed E-state index contributed by atoms with van der Waals surface area (Å²) >= 11 is 0. The zero-order valence-corrected chi connectivity index (χ0v) is 11.0. The van der Waals surface area contributed by atoms with E-state index in [0.717, 1.165) is 10.5 Å². The molecule has 1 aliphatic heterocycles. The fourth-order valence-electron chi connectivity index (χ4n) is 2.45. The standard InChI is InChI=1S/C13H14N4O2/c1-8-6-10(11-14-4-5-16(11)7-8)17-9(2)12(18)15(3)13(17)19/h4-7,9H,1-3H3. The molecule has 1 aliphatic rings. The Balaban J connectivity index is 2.22. The maximum absolute atomic E-state index is 12.2. The van der Waals surface area contributed by atoms with Gasteiger partial charge in [-0.2, -0.15) is 0 Å². The molecule has 0 saturated carbocycles. The molecule has 19 heavy (non-hydrogen) atoms. The van der Waals surface area contributed by atoms with Gasteiger partial charge in [-0.3, -0.25) is 14.6 Å². The van der Waals surface area contributed by atoms with Crippen molar-refractivity contribution in [2.75, 3.05) is 11.9 Å². The number of hydrogen-bond acceptors (Lipinski definition) is 3. The third-order valence-corrected chi connectivity index (χ3v) is 3.43. The maximum atomic E-state index is 12.2. The Bertz CT molecular complexity index is 691. The number of rotatable bonds is 1. The number of aromatic nitrogens is 2. The molecule has 98 valence electrons. The van der Waals surface area contributed by atoms with Crippen molar-refractivity contribution < 1.29 is 9.59 Å². The fourth-order valence-corrected chi connectivity index (χ4v) is 2.45. The van der Waals surface area contributed by atoms with Crippen molar-refractivity contribution in [2.24, 2.45) is 0 Å². The number of aryl methyl sites for hydroxylation is 1. The summed E-state index contributed by atoms with van der Waals surface area (Å²) in [6.07, 6.45) is 5.43. The number of anilines is 1. The summed E-state index contributed by atoms with van der Waals surface area (Å²) < 4.78 is 1.85. The maximum Gasteiger partial charge on any atom is 0.331 e. The zero-order chi connectivity index (χ0) is 13.7. The van der Waals surface area contributed by atoms with Crippen LogP contribution in [0.3, 0.4) is 0 Å². The zero-order valence-electron chi connectivity index (χ0n) is 11.0. The van der Waals surface area contributed by atoms with E-state index in [0.29, 0.717) is 11.3 Å². The number of fused-ring (bicyclic) bond motifs is 1. The second kappa shape index (κ2) is 3.81. The largest absolute Gasteiger partial charge is 0.331 e. The molecule has 6 heteroatoms. The van der Waals surface area contributed by atoms with Crippen LogP contribution >= 0.6 is 0 Å². The number of likely N-dealkylation sites (N-methyl/N-ethyl adjacent to an activating group) is 1. The van der Waals surface area contributed by atoms with E-state index in [4.69, 9.17) is 0 Å². The highest BCUT2D eigenvalue weighted by Gasteiger charge is 2.42. The Kier molecular flexibility index (Phi) is 2.35. The molecule has 3 amide bonds. The SMILES string of the molecule is Cc1cc(N2C(=O)N(C)C(=O)C2C)c2nccn2c1. The minimum Gasteiger partial charge on any atom is -0.305 e. The van der Waals surface area contributed by atoms with E-state index in [2.05, 4.69) is 4.98 Å². The highest BCUT2D eigenvalue weighted by molar-refractivity contribution is 6.15. The van der Waals surface area contributed by atoms with Crippen molar-refractivity contribution >= 4 is 23.3 Å². The van der Waals surface area contributed by atoms with Crippen molar-refractivity contribution in [3.8, 4) is 0 Å². The number of pyridine rings is 1. The summed E-state index contributed by atoms with van der Waals surface area (Å²) in [6, 6.07) is 1.07. The summed E-state index contributed by atoms with van der Waals surface area (Å²) in [5.74, 6) is -0.198. The first kappa shape index (κ1) is 11.7. The quantitative estimate of drug-likeness (QED) is 0.727. The number of carbonyl (C=O) groups is 2. The van der Waals surface area contributed by atoms with Crippen LogP contribution in [-0.2, 0) is 4.79 Å². The molecule has 3 heterocycles. The predicted octanol–water partition coefficient (Wildman–Crippen LogP) is 1.43. The Morgan fingerprint density at radius 3 is 2.68 bits per heavy atom. The highest BCUT2D eigenvalue weighted by atomic mass is 16.2. The van der Waals surface area contributed by atoms with Gasteiger partial charge in [-0.15, -0.1) is 0 Å². The van der Waals surface area contributed by atoms with Gasteiger partial charge in [0.2, 0.25) is 0 Å². The van der Waals surface area contributed by atoms with Gasteiger partial charge in [-0.05, 0) is 25.5 Å². The Morgan fingerprint density at radius 2 is 2.05 bits per heavy atom. The third-order valence-electron chi connectivity index (χ3n) is 3.43. The van der Waals surface area contributed by atoms with Gasteiger partial charge in [0.15, 0.2) is 5.65 Å². The van der Waals surface area contributed by atoms with Crippen molar-refractivity contribution in [1.29, 1.82) is 0 Å². The van der Waals surface area contributed by atoms with Crippen LogP contribution in [-0.4, -0.2) is 39.3 Å². The third kappa shape index (κ3) is 1.53. The molecule has 1 fully saturated rings. The smallest absolute Gasteiger partial charge is 0.305 e. The lowest BCUT2D eigenvalue weighted by Crippen LogP contribution is -2.33. The topological polar surface area (TPSA) is 57.9 Å². The molecule has 0 radical (unpaired) electrons. The summed E-state index contributed by atoms with van der Waals surface area (Å²) in [5.41, 5.74) is 2.34. The number of urea groups is 1. The van der Waals surface area contributed by atoms with Crippen LogP contribution in [0.25, 0.3) is 5.65 Å². The molecule has 1 atom stereocenters. The minimum absolute atomic E-state index is 0.198. The van der Waals surface area contributed by atoms with Gasteiger partial charge in [-0.1, -0.05) is 0 Å². The van der Waals surface area contributed by atoms with Crippen LogP contribution in [0.4, 0.5) is 10.5 Å². The predicted molar refractivity (Wildman–Crippen MR) is 70.0 cm³/mol. The van der Waals surface area contributed by atoms with E-state index >= 15 is 0 Å². The molecular weight excluding hydrogens is 244 g/mol. The van der Waals surface area contributed by atoms with Gasteiger partial charge < -0.3 is 4.40 Å². The van der Waals surface area contributed by atoms with Crippen LogP contribution in [0.15, 0.2) is 24.7 Å². The van der Waals surface area contributed by atoms with E-state index < -0.39 is 6.04 Å². The first-order valence-electron chi connectivity index (χ1n) is 6.05. The van der Waals surface area contributed by atoms with E-state index in [1.807, 2.05) is 29.8 Å². The lowest BCUT2D eigenvalue weighted by atomic mass is 10.2. The molecule has 2 aromatic heterocycles. The van der Waals surface area contributed by atoms with E-state index in [9.17, 15) is 9.59 Å². The van der Waals surface area contributed by atoms with Gasteiger partial charge in [-0.25, -0.2) is 9.78 Å². The number of nitrogens with zero attached hydrogens (tertiary/aromatic N) is 4. The molecule has 1 unspecified atom stereocenters. The van der Waals surface area contributed by atoms with Crippen molar-refractivity contribution in [3.05, 3.63) is 30.2 Å². The van der Waals surface area contributed by atoms with Crippen molar-refractivity contribution in [1.82, 2.24) is 14.3 Å². The first-order valence-corrected chi connectivity index (χ1v) is 6.05. The number of carbonyl (C=O) groups excluding carboxylic acids is 2. The molecule has 6 nitrogen and oxygen atoms in total. The number of imidazole rings is 1. The number of hydrogen-bond donors (Lipinski definition) is 0. The van der Waals surface area contributed by atoms with E-state index in [-0.39, 0.29) is 11.9 Å². The summed E-state index contributed by atoms with van der Waals surface area (Å²) in [5, 5.41) is 0. The lowest BCUT2D eigenvalue weighted by Gasteiger charge is -2.20. The Hall–Kier alpha value is -2.37. The molecule has 0 aliphatic carbocycles. The molecular formula is C13H14N4O2. The molecule has 2 aromatic rings. The average molecular weight is 258 g/mol. The van der Waals surface area contributed by atoms with Gasteiger partial charge in [0.25, 0.3) is 5.91 Å². The van der Waals surface area contributed by atoms with Crippen LogP contribution in [0.1, 0.15) is 12.5 Å². The first-order chi connectivity index (χ1) is 9.00. The van der Waals surface area contributed by atoms with Crippen LogP contribution in [0, 0.1) is 6.92 Å². The van der Waals surface area contributed by atoms with E-state index in [1.54, 1.807) is 13.1 Å². The van der Waals surface area contributed by atoms with Crippen LogP contribution in [0.2, 0.25) is 0 Å². The average Bonchev–Trinajstić information content (AvgIpc) is 2.90. The lowest BCUT2D eigenvalue weighted by molar-refractivity contribution is -0.125. The normalized spacial score (nSPS) is 19.8. The molecule has 3 rings (SSSR count). The molecule has 1 saturated heterocycles. The van der Waals surface area contributed by atoms with Gasteiger partial charge in [0.05, 0.1) is 5.69 Å². The Morgan fingerprint density at radius 1 is 1.32 bits per heavy atom. The Labute approximate surface area is 110 Å².